The predicted octanol–water partition coefficient (Wildman–Crippen LogP) is 4.91. The minimum absolute atomic E-state index is 0.0441. The van der Waals surface area contributed by atoms with Gasteiger partial charge >= 0.3 is 12.1 Å². The molecule has 0 bridgehead atoms. The average molecular weight is 417 g/mol. The van der Waals surface area contributed by atoms with Crippen molar-refractivity contribution in [2.24, 2.45) is 0 Å². The van der Waals surface area contributed by atoms with E-state index in [9.17, 15) is 28.1 Å². The number of alkyl halides is 3. The third-order valence-corrected chi connectivity index (χ3v) is 4.02. The first kappa shape index (κ1) is 20.9. The van der Waals surface area contributed by atoms with Crippen molar-refractivity contribution in [1.82, 2.24) is 9.97 Å². The van der Waals surface area contributed by atoms with Crippen LogP contribution >= 0.6 is 0 Å². The monoisotopic (exact) mass is 417 g/mol. The van der Waals surface area contributed by atoms with Gasteiger partial charge in [0.15, 0.2) is 11.5 Å². The standard InChI is InChI=1S/C20H14F3N3O4/c1-2-30-19(27)15-16(13-9-6-10-14(11-13)26(28)29)24-18(12-7-4-3-5-8-12)25-17(15)20(21,22)23/h3-11H,2H2,1H3. The zero-order chi connectivity index (χ0) is 21.9. The molecular weight excluding hydrogens is 403 g/mol. The molecule has 7 nitrogen and oxygen atoms in total. The van der Waals surface area contributed by atoms with Gasteiger partial charge in [-0.3, -0.25) is 10.1 Å². The maximum absolute atomic E-state index is 13.8. The van der Waals surface area contributed by atoms with Gasteiger partial charge in [-0.15, -0.1) is 0 Å². The van der Waals surface area contributed by atoms with Gasteiger partial charge in [0.05, 0.1) is 17.2 Å². The molecular formula is C20H14F3N3O4. The Balaban J connectivity index is 2.38. The van der Waals surface area contributed by atoms with Gasteiger partial charge in [0.25, 0.3) is 5.69 Å². The molecule has 0 saturated heterocycles. The zero-order valence-corrected chi connectivity index (χ0v) is 15.5. The highest BCUT2D eigenvalue weighted by atomic mass is 19.4. The number of carbonyl (C=O) groups excluding carboxylic acids is 1. The molecule has 0 fully saturated rings. The minimum atomic E-state index is -5.00. The molecule has 154 valence electrons. The van der Waals surface area contributed by atoms with Crippen molar-refractivity contribution in [2.75, 3.05) is 6.61 Å². The Kier molecular flexibility index (Phi) is 5.77. The molecule has 0 aliphatic heterocycles. The van der Waals surface area contributed by atoms with Crippen LogP contribution in [0.3, 0.4) is 0 Å². The van der Waals surface area contributed by atoms with Gasteiger partial charge in [0.2, 0.25) is 0 Å². The number of hydrogen-bond donors (Lipinski definition) is 0. The van der Waals surface area contributed by atoms with E-state index in [-0.39, 0.29) is 29.2 Å². The number of aromatic nitrogens is 2. The molecule has 0 aliphatic rings. The van der Waals surface area contributed by atoms with Crippen LogP contribution in [-0.2, 0) is 10.9 Å². The van der Waals surface area contributed by atoms with Crippen LogP contribution < -0.4 is 0 Å². The lowest BCUT2D eigenvalue weighted by molar-refractivity contribution is -0.384. The third kappa shape index (κ3) is 4.27. The summed E-state index contributed by atoms with van der Waals surface area (Å²) in [5.41, 5.74) is -2.91. The number of nitro benzene ring substituents is 1. The van der Waals surface area contributed by atoms with Crippen LogP contribution in [0.1, 0.15) is 23.0 Å². The first-order valence-electron chi connectivity index (χ1n) is 8.69. The van der Waals surface area contributed by atoms with Crippen molar-refractivity contribution < 1.29 is 27.6 Å². The largest absolute Gasteiger partial charge is 0.462 e. The van der Waals surface area contributed by atoms with Crippen LogP contribution in [0.2, 0.25) is 0 Å². The second-order valence-electron chi connectivity index (χ2n) is 6.01. The van der Waals surface area contributed by atoms with Crippen molar-refractivity contribution in [1.29, 1.82) is 0 Å². The Morgan fingerprint density at radius 3 is 2.33 bits per heavy atom. The fraction of sp³-hybridized carbons (Fsp3) is 0.150. The predicted molar refractivity (Wildman–Crippen MR) is 101 cm³/mol. The molecule has 1 heterocycles. The summed E-state index contributed by atoms with van der Waals surface area (Å²) in [7, 11) is 0. The number of carbonyl (C=O) groups is 1. The smallest absolute Gasteiger partial charge is 0.434 e. The van der Waals surface area contributed by atoms with E-state index in [0.29, 0.717) is 0 Å². The van der Waals surface area contributed by atoms with Gasteiger partial charge in [-0.1, -0.05) is 42.5 Å². The van der Waals surface area contributed by atoms with Crippen molar-refractivity contribution in [3.8, 4) is 22.6 Å². The number of nitro groups is 1. The maximum atomic E-state index is 13.8. The highest BCUT2D eigenvalue weighted by molar-refractivity contribution is 5.98. The molecule has 3 aromatic rings. The first-order valence-corrected chi connectivity index (χ1v) is 8.69. The molecule has 0 aliphatic carbocycles. The SMILES string of the molecule is CCOC(=O)c1c(-c2cccc([N+](=O)[O-])c2)nc(-c2ccccc2)nc1C(F)(F)F. The molecule has 0 unspecified atom stereocenters. The third-order valence-electron chi connectivity index (χ3n) is 4.02. The Morgan fingerprint density at radius 1 is 1.07 bits per heavy atom. The molecule has 0 N–H and O–H groups in total. The summed E-state index contributed by atoms with van der Waals surface area (Å²) in [4.78, 5) is 30.6. The maximum Gasteiger partial charge on any atom is 0.434 e. The molecule has 10 heteroatoms. The van der Waals surface area contributed by atoms with E-state index < -0.39 is 34.0 Å². The number of ether oxygens (including phenoxy) is 1. The Morgan fingerprint density at radius 2 is 1.73 bits per heavy atom. The highest BCUT2D eigenvalue weighted by Gasteiger charge is 2.41. The molecule has 2 aromatic carbocycles. The van der Waals surface area contributed by atoms with Crippen LogP contribution in [0.5, 0.6) is 0 Å². The van der Waals surface area contributed by atoms with Gasteiger partial charge in [0, 0.05) is 23.3 Å². The second-order valence-corrected chi connectivity index (χ2v) is 6.01. The summed E-state index contributed by atoms with van der Waals surface area (Å²) < 4.78 is 46.3. The summed E-state index contributed by atoms with van der Waals surface area (Å²) >= 11 is 0. The van der Waals surface area contributed by atoms with Crippen LogP contribution in [0.4, 0.5) is 18.9 Å². The fourth-order valence-corrected chi connectivity index (χ4v) is 2.75. The Bertz CT molecular complexity index is 1100. The molecule has 0 spiro atoms. The van der Waals surface area contributed by atoms with Crippen LogP contribution in [0, 0.1) is 10.1 Å². The normalized spacial score (nSPS) is 11.2. The highest BCUT2D eigenvalue weighted by Crippen LogP contribution is 2.37. The van der Waals surface area contributed by atoms with Gasteiger partial charge in [-0.2, -0.15) is 13.2 Å². The van der Waals surface area contributed by atoms with Crippen molar-refractivity contribution in [3.05, 3.63) is 76.0 Å². The molecule has 0 amide bonds. The van der Waals surface area contributed by atoms with E-state index in [2.05, 4.69) is 9.97 Å². The topological polar surface area (TPSA) is 95.2 Å². The number of nitrogens with zero attached hydrogens (tertiary/aromatic N) is 3. The van der Waals surface area contributed by atoms with E-state index in [1.54, 1.807) is 18.2 Å². The number of benzene rings is 2. The Hall–Kier alpha value is -3.82. The lowest BCUT2D eigenvalue weighted by Gasteiger charge is -2.16. The number of rotatable bonds is 5. The molecule has 0 atom stereocenters. The molecule has 3 rings (SSSR count). The number of non-ortho nitro benzene ring substituents is 1. The first-order chi connectivity index (χ1) is 14.2. The van der Waals surface area contributed by atoms with E-state index in [1.807, 2.05) is 0 Å². The van der Waals surface area contributed by atoms with E-state index in [0.717, 1.165) is 6.07 Å². The molecule has 1 aromatic heterocycles. The second kappa shape index (κ2) is 8.27. The summed E-state index contributed by atoms with van der Waals surface area (Å²) in [6.45, 7) is 1.27. The lowest BCUT2D eigenvalue weighted by atomic mass is 10.0. The van der Waals surface area contributed by atoms with Gasteiger partial charge < -0.3 is 4.74 Å². The zero-order valence-electron chi connectivity index (χ0n) is 15.5. The van der Waals surface area contributed by atoms with Crippen molar-refractivity contribution in [3.63, 3.8) is 0 Å². The summed E-state index contributed by atoms with van der Waals surface area (Å²) in [6, 6.07) is 12.7. The van der Waals surface area contributed by atoms with E-state index in [1.165, 1.54) is 37.3 Å². The molecule has 30 heavy (non-hydrogen) atoms. The number of hydrogen-bond acceptors (Lipinski definition) is 6. The Labute approximate surface area is 168 Å². The summed E-state index contributed by atoms with van der Waals surface area (Å²) in [5, 5.41) is 11.1. The van der Waals surface area contributed by atoms with Gasteiger partial charge in [0.1, 0.15) is 5.56 Å². The summed E-state index contributed by atoms with van der Waals surface area (Å²) in [5.74, 6) is -1.55. The van der Waals surface area contributed by atoms with E-state index in [4.69, 9.17) is 4.74 Å². The lowest BCUT2D eigenvalue weighted by Crippen LogP contribution is -2.20. The van der Waals surface area contributed by atoms with Gasteiger partial charge in [-0.05, 0) is 6.92 Å². The van der Waals surface area contributed by atoms with Gasteiger partial charge in [-0.25, -0.2) is 14.8 Å². The summed E-state index contributed by atoms with van der Waals surface area (Å²) in [6.07, 6.45) is -5.00. The van der Waals surface area contributed by atoms with Crippen LogP contribution in [0.25, 0.3) is 22.6 Å². The van der Waals surface area contributed by atoms with Crippen molar-refractivity contribution in [2.45, 2.75) is 13.1 Å². The minimum Gasteiger partial charge on any atom is -0.462 e. The quantitative estimate of drug-likeness (QED) is 0.332. The average Bonchev–Trinajstić information content (AvgIpc) is 2.73. The van der Waals surface area contributed by atoms with Crippen molar-refractivity contribution >= 4 is 11.7 Å². The van der Waals surface area contributed by atoms with Crippen LogP contribution in [0.15, 0.2) is 54.6 Å². The number of esters is 1. The fourth-order valence-electron chi connectivity index (χ4n) is 2.75. The van der Waals surface area contributed by atoms with Crippen LogP contribution in [-0.4, -0.2) is 27.5 Å². The van der Waals surface area contributed by atoms with E-state index >= 15 is 0 Å². The number of halogens is 3. The molecule has 0 radical (unpaired) electrons. The molecule has 0 saturated carbocycles.